The number of methoxy groups -OCH3 is 1. The first-order valence-corrected chi connectivity index (χ1v) is 7.35. The van der Waals surface area contributed by atoms with Crippen LogP contribution >= 0.6 is 0 Å². The number of rotatable bonds is 2. The van der Waals surface area contributed by atoms with E-state index in [-0.39, 0.29) is 5.41 Å². The first-order chi connectivity index (χ1) is 9.54. The number of aromatic nitrogens is 2. The zero-order valence-electron chi connectivity index (χ0n) is 12.5. The molecule has 0 saturated heterocycles. The van der Waals surface area contributed by atoms with Gasteiger partial charge in [0.2, 0.25) is 5.95 Å². The largest absolute Gasteiger partial charge is 0.494 e. The summed E-state index contributed by atoms with van der Waals surface area (Å²) in [5.74, 6) is 1.39. The number of nitrogens with zero attached hydrogens (tertiary/aromatic N) is 2. The highest BCUT2D eigenvalue weighted by atomic mass is 16.5. The van der Waals surface area contributed by atoms with Crippen molar-refractivity contribution in [3.05, 3.63) is 18.2 Å². The van der Waals surface area contributed by atoms with Crippen molar-refractivity contribution in [1.82, 2.24) is 9.55 Å². The monoisotopic (exact) mass is 273 g/mol. The molecule has 1 unspecified atom stereocenters. The average Bonchev–Trinajstić information content (AvgIpc) is 2.74. The summed E-state index contributed by atoms with van der Waals surface area (Å²) in [4.78, 5) is 4.54. The van der Waals surface area contributed by atoms with Crippen LogP contribution in [0.1, 0.15) is 45.6 Å². The van der Waals surface area contributed by atoms with Gasteiger partial charge < -0.3 is 15.0 Å². The maximum Gasteiger partial charge on any atom is 0.201 e. The normalized spacial score (nSPS) is 22.1. The summed E-state index contributed by atoms with van der Waals surface area (Å²) in [5, 5.41) is 0. The van der Waals surface area contributed by atoms with Gasteiger partial charge >= 0.3 is 0 Å². The number of imidazole rings is 1. The molecule has 0 amide bonds. The highest BCUT2D eigenvalue weighted by molar-refractivity contribution is 5.84. The van der Waals surface area contributed by atoms with Crippen LogP contribution in [0.2, 0.25) is 0 Å². The summed E-state index contributed by atoms with van der Waals surface area (Å²) in [5.41, 5.74) is 8.43. The summed E-state index contributed by atoms with van der Waals surface area (Å²) >= 11 is 0. The molecule has 1 aromatic carbocycles. The Hall–Kier alpha value is -1.71. The Kier molecular flexibility index (Phi) is 3.11. The molecule has 1 saturated carbocycles. The van der Waals surface area contributed by atoms with E-state index in [0.717, 1.165) is 16.8 Å². The number of hydrogen-bond donors (Lipinski definition) is 1. The lowest BCUT2D eigenvalue weighted by Gasteiger charge is -2.40. The predicted octanol–water partition coefficient (Wildman–Crippen LogP) is 3.77. The first-order valence-electron chi connectivity index (χ1n) is 7.35. The van der Waals surface area contributed by atoms with E-state index in [4.69, 9.17) is 10.5 Å². The Labute approximate surface area is 119 Å². The Bertz CT molecular complexity index is 630. The molecule has 1 aliphatic carbocycles. The number of anilines is 1. The molecule has 1 aromatic heterocycles. The number of ether oxygens (including phenoxy) is 1. The van der Waals surface area contributed by atoms with Crippen LogP contribution in [0.5, 0.6) is 5.75 Å². The van der Waals surface area contributed by atoms with Crippen LogP contribution in [-0.4, -0.2) is 16.7 Å². The van der Waals surface area contributed by atoms with Crippen LogP contribution in [-0.2, 0) is 0 Å². The van der Waals surface area contributed by atoms with E-state index in [2.05, 4.69) is 29.5 Å². The minimum Gasteiger partial charge on any atom is -0.494 e. The summed E-state index contributed by atoms with van der Waals surface area (Å²) < 4.78 is 7.62. The standard InChI is InChI=1S/C16H23N3O/c1-16(2)10-5-4-9-13(16)19-11-7-6-8-12(20-3)14(11)18-15(19)17/h6-8,13H,4-5,9-10H2,1-3H3,(H2,17,18). The Morgan fingerprint density at radius 1 is 1.35 bits per heavy atom. The quantitative estimate of drug-likeness (QED) is 0.906. The van der Waals surface area contributed by atoms with Crippen LogP contribution in [0, 0.1) is 5.41 Å². The van der Waals surface area contributed by atoms with Crippen LogP contribution in [0.25, 0.3) is 11.0 Å². The first kappa shape index (κ1) is 13.3. The number of benzene rings is 1. The lowest BCUT2D eigenvalue weighted by Crippen LogP contribution is -2.31. The second-order valence-corrected chi connectivity index (χ2v) is 6.42. The fourth-order valence-corrected chi connectivity index (χ4v) is 3.56. The van der Waals surface area contributed by atoms with Gasteiger partial charge in [-0.1, -0.05) is 32.8 Å². The van der Waals surface area contributed by atoms with Gasteiger partial charge in [-0.15, -0.1) is 0 Å². The fraction of sp³-hybridized carbons (Fsp3) is 0.562. The molecule has 0 spiro atoms. The van der Waals surface area contributed by atoms with Gasteiger partial charge in [-0.2, -0.15) is 0 Å². The molecule has 1 fully saturated rings. The van der Waals surface area contributed by atoms with Gasteiger partial charge in [-0.25, -0.2) is 4.98 Å². The van der Waals surface area contributed by atoms with Crippen LogP contribution < -0.4 is 10.5 Å². The highest BCUT2D eigenvalue weighted by Gasteiger charge is 2.35. The average molecular weight is 273 g/mol. The molecule has 2 N–H and O–H groups in total. The van der Waals surface area contributed by atoms with Gasteiger partial charge in [0.15, 0.2) is 0 Å². The second-order valence-electron chi connectivity index (χ2n) is 6.42. The predicted molar refractivity (Wildman–Crippen MR) is 82.0 cm³/mol. The number of fused-ring (bicyclic) bond motifs is 1. The molecule has 1 atom stereocenters. The van der Waals surface area contributed by atoms with Gasteiger partial charge in [0.1, 0.15) is 11.3 Å². The summed E-state index contributed by atoms with van der Waals surface area (Å²) in [6.07, 6.45) is 4.97. The van der Waals surface area contributed by atoms with Crippen molar-refractivity contribution in [2.75, 3.05) is 12.8 Å². The van der Waals surface area contributed by atoms with E-state index in [1.165, 1.54) is 25.7 Å². The van der Waals surface area contributed by atoms with E-state index in [1.807, 2.05) is 12.1 Å². The maximum absolute atomic E-state index is 6.23. The summed E-state index contributed by atoms with van der Waals surface area (Å²) in [7, 11) is 1.68. The van der Waals surface area contributed by atoms with Crippen LogP contribution in [0.4, 0.5) is 5.95 Å². The van der Waals surface area contributed by atoms with Crippen molar-refractivity contribution in [2.45, 2.75) is 45.6 Å². The lowest BCUT2D eigenvalue weighted by atomic mass is 9.73. The molecule has 4 heteroatoms. The fourth-order valence-electron chi connectivity index (χ4n) is 3.56. The number of nitrogen functional groups attached to an aromatic ring is 1. The molecule has 0 bridgehead atoms. The van der Waals surface area contributed by atoms with Gasteiger partial charge in [0, 0.05) is 6.04 Å². The minimum atomic E-state index is 0.253. The van der Waals surface area contributed by atoms with Crippen molar-refractivity contribution < 1.29 is 4.74 Å². The van der Waals surface area contributed by atoms with Crippen molar-refractivity contribution in [2.24, 2.45) is 5.41 Å². The zero-order chi connectivity index (χ0) is 14.3. The van der Waals surface area contributed by atoms with E-state index in [9.17, 15) is 0 Å². The van der Waals surface area contributed by atoms with Gasteiger partial charge in [-0.05, 0) is 30.4 Å². The molecule has 3 rings (SSSR count). The molecule has 108 valence electrons. The van der Waals surface area contributed by atoms with Crippen molar-refractivity contribution in [3.63, 3.8) is 0 Å². The molecule has 0 radical (unpaired) electrons. The van der Waals surface area contributed by atoms with E-state index in [0.29, 0.717) is 12.0 Å². The van der Waals surface area contributed by atoms with Crippen LogP contribution in [0.15, 0.2) is 18.2 Å². The molecule has 1 aliphatic rings. The number of para-hydroxylation sites is 1. The summed E-state index contributed by atoms with van der Waals surface area (Å²) in [6, 6.07) is 6.44. The highest BCUT2D eigenvalue weighted by Crippen LogP contribution is 2.46. The molecule has 20 heavy (non-hydrogen) atoms. The molecule has 4 nitrogen and oxygen atoms in total. The van der Waals surface area contributed by atoms with Crippen LogP contribution in [0.3, 0.4) is 0 Å². The molecule has 1 heterocycles. The topological polar surface area (TPSA) is 53.1 Å². The zero-order valence-corrected chi connectivity index (χ0v) is 12.5. The lowest BCUT2D eigenvalue weighted by molar-refractivity contribution is 0.149. The third-order valence-corrected chi connectivity index (χ3v) is 4.69. The molecule has 2 aromatic rings. The van der Waals surface area contributed by atoms with Crippen molar-refractivity contribution in [1.29, 1.82) is 0 Å². The second kappa shape index (κ2) is 4.69. The third kappa shape index (κ3) is 1.94. The van der Waals surface area contributed by atoms with Gasteiger partial charge in [0.25, 0.3) is 0 Å². The van der Waals surface area contributed by atoms with Gasteiger partial charge in [-0.3, -0.25) is 0 Å². The smallest absolute Gasteiger partial charge is 0.201 e. The molecular weight excluding hydrogens is 250 g/mol. The minimum absolute atomic E-state index is 0.253. The SMILES string of the molecule is COc1cccc2c1nc(N)n2C1CCCCC1(C)C. The van der Waals surface area contributed by atoms with Crippen molar-refractivity contribution >= 4 is 17.0 Å². The van der Waals surface area contributed by atoms with E-state index < -0.39 is 0 Å². The van der Waals surface area contributed by atoms with E-state index in [1.54, 1.807) is 7.11 Å². The van der Waals surface area contributed by atoms with Gasteiger partial charge in [0.05, 0.1) is 12.6 Å². The third-order valence-electron chi connectivity index (χ3n) is 4.69. The summed E-state index contributed by atoms with van der Waals surface area (Å²) in [6.45, 7) is 4.67. The Balaban J connectivity index is 2.18. The maximum atomic E-state index is 6.23. The molecule has 0 aliphatic heterocycles. The van der Waals surface area contributed by atoms with Crippen molar-refractivity contribution in [3.8, 4) is 5.75 Å². The number of hydrogen-bond acceptors (Lipinski definition) is 3. The Morgan fingerprint density at radius 2 is 2.15 bits per heavy atom. The number of nitrogens with two attached hydrogens (primary N) is 1. The van der Waals surface area contributed by atoms with E-state index >= 15 is 0 Å². The molecular formula is C16H23N3O. The Morgan fingerprint density at radius 3 is 2.85 bits per heavy atom.